The Kier molecular flexibility index (Phi) is 13.4. The largest absolute Gasteiger partial charge is 0.416 e. The van der Waals surface area contributed by atoms with Crippen LogP contribution in [0.15, 0.2) is 64.5 Å². The van der Waals surface area contributed by atoms with Crippen LogP contribution in [-0.2, 0) is 23.4 Å². The van der Waals surface area contributed by atoms with Crippen molar-refractivity contribution in [1.82, 2.24) is 19.9 Å². The highest BCUT2D eigenvalue weighted by Gasteiger charge is 2.32. The molecule has 2 aromatic carbocycles. The van der Waals surface area contributed by atoms with E-state index >= 15 is 0 Å². The van der Waals surface area contributed by atoms with E-state index in [0.29, 0.717) is 18.6 Å². The van der Waals surface area contributed by atoms with Crippen molar-refractivity contribution < 1.29 is 13.2 Å². The molecule has 0 amide bonds. The van der Waals surface area contributed by atoms with Crippen LogP contribution in [0.5, 0.6) is 0 Å². The summed E-state index contributed by atoms with van der Waals surface area (Å²) in [7, 11) is 0. The molecule has 0 aliphatic carbocycles. The highest BCUT2D eigenvalue weighted by Crippen LogP contribution is 2.34. The van der Waals surface area contributed by atoms with Crippen molar-refractivity contribution in [3.63, 3.8) is 0 Å². The molecule has 0 spiro atoms. The summed E-state index contributed by atoms with van der Waals surface area (Å²) in [5.41, 5.74) is 20.2. The Balaban J connectivity index is 0.000000295. The van der Waals surface area contributed by atoms with Gasteiger partial charge in [-0.1, -0.05) is 59.7 Å². The number of H-pyrrole nitrogens is 1. The van der Waals surface area contributed by atoms with E-state index < -0.39 is 11.7 Å². The molecule has 0 unspecified atom stereocenters. The maximum Gasteiger partial charge on any atom is 0.416 e. The van der Waals surface area contributed by atoms with Gasteiger partial charge in [0.25, 0.3) is 0 Å². The van der Waals surface area contributed by atoms with Gasteiger partial charge in [-0.05, 0) is 98.5 Å². The monoisotopic (exact) mass is 696 g/mol. The number of nitrogens with one attached hydrogen (secondary N) is 2. The van der Waals surface area contributed by atoms with Crippen LogP contribution in [0.3, 0.4) is 0 Å². The topological polar surface area (TPSA) is 153 Å². The van der Waals surface area contributed by atoms with Crippen LogP contribution in [0.1, 0.15) is 109 Å². The fraction of sp³-hybridized carbons (Fsp3) is 0.500. The summed E-state index contributed by atoms with van der Waals surface area (Å²) in [6.45, 7) is 17.6. The molecule has 50 heavy (non-hydrogen) atoms. The van der Waals surface area contributed by atoms with Crippen LogP contribution >= 0.6 is 0 Å². The molecular formula is C38H55F3N8O. The van der Waals surface area contributed by atoms with Crippen LogP contribution in [0, 0.1) is 0 Å². The number of halogens is 3. The van der Waals surface area contributed by atoms with Gasteiger partial charge in [0.15, 0.2) is 5.96 Å². The van der Waals surface area contributed by atoms with Gasteiger partial charge in [-0.3, -0.25) is 9.56 Å². The van der Waals surface area contributed by atoms with E-state index in [9.17, 15) is 18.0 Å². The number of hydrogen-bond donors (Lipinski definition) is 5. The molecule has 0 aliphatic heterocycles. The lowest BCUT2D eigenvalue weighted by atomic mass is 9.84. The summed E-state index contributed by atoms with van der Waals surface area (Å²) in [5, 5.41) is 4.36. The summed E-state index contributed by atoms with van der Waals surface area (Å²) in [6, 6.07) is 14.7. The van der Waals surface area contributed by atoms with E-state index in [1.165, 1.54) is 12.1 Å². The molecule has 4 aromatic rings. The van der Waals surface area contributed by atoms with Gasteiger partial charge in [-0.15, -0.1) is 0 Å². The Hall–Kier alpha value is -4.16. The first-order chi connectivity index (χ1) is 23.1. The number of aryl methyl sites for hydroxylation is 1. The molecule has 0 fully saturated rings. The van der Waals surface area contributed by atoms with Crippen molar-refractivity contribution in [2.75, 3.05) is 13.1 Å². The van der Waals surface area contributed by atoms with E-state index in [4.69, 9.17) is 17.2 Å². The zero-order chi connectivity index (χ0) is 37.4. The molecule has 0 bridgehead atoms. The Labute approximate surface area is 294 Å². The summed E-state index contributed by atoms with van der Waals surface area (Å²) >= 11 is 0. The summed E-state index contributed by atoms with van der Waals surface area (Å²) < 4.78 is 40.5. The molecule has 2 heterocycles. The van der Waals surface area contributed by atoms with Crippen LogP contribution in [0.2, 0.25) is 0 Å². The van der Waals surface area contributed by atoms with Gasteiger partial charge in [-0.25, -0.2) is 4.79 Å². The van der Waals surface area contributed by atoms with Crippen molar-refractivity contribution in [2.45, 2.75) is 110 Å². The lowest BCUT2D eigenvalue weighted by Crippen LogP contribution is -2.24. The molecule has 8 N–H and O–H groups in total. The fourth-order valence-corrected chi connectivity index (χ4v) is 5.29. The minimum absolute atomic E-state index is 0.0390. The highest BCUT2D eigenvalue weighted by molar-refractivity contribution is 5.76. The summed E-state index contributed by atoms with van der Waals surface area (Å²) in [6.07, 6.45) is 0.667. The number of aromatic nitrogens is 3. The Morgan fingerprint density at radius 2 is 1.58 bits per heavy atom. The van der Waals surface area contributed by atoms with E-state index in [-0.39, 0.29) is 34.6 Å². The molecule has 0 radical (unpaired) electrons. The molecule has 12 heteroatoms. The third kappa shape index (κ3) is 12.0. The third-order valence-corrected chi connectivity index (χ3v) is 8.38. The maximum absolute atomic E-state index is 13.0. The lowest BCUT2D eigenvalue weighted by molar-refractivity contribution is -0.137. The van der Waals surface area contributed by atoms with Crippen molar-refractivity contribution >= 4 is 17.0 Å². The minimum atomic E-state index is -4.29. The van der Waals surface area contributed by atoms with Crippen molar-refractivity contribution in [2.24, 2.45) is 22.2 Å². The number of fused-ring (bicyclic) bond motifs is 1. The lowest BCUT2D eigenvalue weighted by Gasteiger charge is -2.22. The second-order valence-electron chi connectivity index (χ2n) is 15.1. The van der Waals surface area contributed by atoms with Gasteiger partial charge in [0.1, 0.15) is 5.65 Å². The Bertz CT molecular complexity index is 1740. The van der Waals surface area contributed by atoms with Gasteiger partial charge in [0.2, 0.25) is 0 Å². The first kappa shape index (κ1) is 40.3. The van der Waals surface area contributed by atoms with E-state index in [1.807, 2.05) is 64.2 Å². The van der Waals surface area contributed by atoms with Crippen LogP contribution in [0.25, 0.3) is 16.7 Å². The second kappa shape index (κ2) is 16.7. The van der Waals surface area contributed by atoms with Gasteiger partial charge in [0, 0.05) is 41.3 Å². The van der Waals surface area contributed by atoms with Crippen LogP contribution in [0.4, 0.5) is 13.2 Å². The number of alkyl halides is 3. The Morgan fingerprint density at radius 3 is 2.14 bits per heavy atom. The van der Waals surface area contributed by atoms with Crippen LogP contribution < -0.4 is 28.2 Å². The molecule has 0 saturated carbocycles. The first-order valence-electron chi connectivity index (χ1n) is 17.1. The molecule has 0 saturated heterocycles. The third-order valence-electron chi connectivity index (χ3n) is 8.38. The van der Waals surface area contributed by atoms with E-state index in [2.05, 4.69) is 54.0 Å². The smallest absolute Gasteiger partial charge is 0.370 e. The standard InChI is InChI=1S/C22H31N7O.C16H24F3N/c1-14(25-10-5-11-26-20(23)24)15-6-8-17(9-7-15)29-13-16-12-18(22(2,3)4)27-19(16)28-21(29)30;1-11(20)6-5-7-12-8-13(15(2,3)4)10-14(9-12)16(17,18)19/h6-9,12-14,25H,5,10-11H2,1-4H3,(H4,23,24,26)(H,27,28,30);8-11H,5-7,20H2,1-4H3/t14-;11-/m00/s1. The predicted octanol–water partition coefficient (Wildman–Crippen LogP) is 7.00. The molecule has 2 aromatic heterocycles. The molecule has 2 atom stereocenters. The SMILES string of the molecule is C[C@H](N)CCCc1cc(C(C)(C)C)cc(C(F)(F)F)c1.C[C@H](NCCCN=C(N)N)c1ccc(-n2cc3cc(C(C)(C)C)[nH]c3nc2=O)cc1. The van der Waals surface area contributed by atoms with Crippen molar-refractivity contribution in [1.29, 1.82) is 0 Å². The summed E-state index contributed by atoms with van der Waals surface area (Å²) in [4.78, 5) is 24.0. The van der Waals surface area contributed by atoms with Gasteiger partial charge in [-0.2, -0.15) is 18.2 Å². The number of benzene rings is 2. The zero-order valence-corrected chi connectivity index (χ0v) is 30.7. The summed E-state index contributed by atoms with van der Waals surface area (Å²) in [5.74, 6) is 0.121. The average molecular weight is 697 g/mol. The number of aromatic amines is 1. The number of hydrogen-bond acceptors (Lipinski definition) is 5. The van der Waals surface area contributed by atoms with E-state index in [0.717, 1.165) is 59.3 Å². The first-order valence-corrected chi connectivity index (χ1v) is 17.1. The Morgan fingerprint density at radius 1 is 0.940 bits per heavy atom. The number of nitrogens with two attached hydrogens (primary N) is 3. The maximum atomic E-state index is 13.0. The van der Waals surface area contributed by atoms with Gasteiger partial charge in [0.05, 0.1) is 11.3 Å². The fourth-order valence-electron chi connectivity index (χ4n) is 5.29. The van der Waals surface area contributed by atoms with Crippen molar-refractivity contribution in [3.8, 4) is 5.69 Å². The molecular weight excluding hydrogens is 641 g/mol. The average Bonchev–Trinajstić information content (AvgIpc) is 3.43. The molecule has 4 rings (SSSR count). The highest BCUT2D eigenvalue weighted by atomic mass is 19.4. The number of aliphatic imine (C=N–C) groups is 1. The quantitative estimate of drug-likeness (QED) is 0.0647. The molecule has 0 aliphatic rings. The number of rotatable bonds is 11. The second-order valence-corrected chi connectivity index (χ2v) is 15.1. The minimum Gasteiger partial charge on any atom is -0.370 e. The normalized spacial score (nSPS) is 13.4. The predicted molar refractivity (Wildman–Crippen MR) is 199 cm³/mol. The van der Waals surface area contributed by atoms with E-state index in [1.54, 1.807) is 4.57 Å². The van der Waals surface area contributed by atoms with Gasteiger partial charge >= 0.3 is 11.9 Å². The molecule has 9 nitrogen and oxygen atoms in total. The van der Waals surface area contributed by atoms with Crippen LogP contribution in [-0.4, -0.2) is 39.6 Å². The van der Waals surface area contributed by atoms with Gasteiger partial charge < -0.3 is 27.5 Å². The number of nitrogens with zero attached hydrogens (tertiary/aromatic N) is 3. The number of guanidine groups is 1. The van der Waals surface area contributed by atoms with Crippen molar-refractivity contribution in [3.05, 3.63) is 93.2 Å². The molecule has 274 valence electrons. The zero-order valence-electron chi connectivity index (χ0n) is 30.7.